The zero-order valence-electron chi connectivity index (χ0n) is 20.8. The Balaban J connectivity index is 1.40. The van der Waals surface area contributed by atoms with Crippen molar-refractivity contribution in [1.29, 1.82) is 0 Å². The highest BCUT2D eigenvalue weighted by Crippen LogP contribution is 2.35. The number of piperidine rings is 1. The summed E-state index contributed by atoms with van der Waals surface area (Å²) < 4.78 is 7.47. The number of aromatic nitrogens is 4. The molecule has 0 unspecified atom stereocenters. The third kappa shape index (κ3) is 5.76. The van der Waals surface area contributed by atoms with E-state index in [0.29, 0.717) is 34.6 Å². The molecule has 9 nitrogen and oxygen atoms in total. The second kappa shape index (κ2) is 11.0. The van der Waals surface area contributed by atoms with E-state index in [2.05, 4.69) is 40.3 Å². The van der Waals surface area contributed by atoms with Crippen molar-refractivity contribution >= 4 is 40.6 Å². The molecule has 0 bridgehead atoms. The van der Waals surface area contributed by atoms with Gasteiger partial charge in [-0.1, -0.05) is 24.4 Å². The summed E-state index contributed by atoms with van der Waals surface area (Å²) >= 11 is 1.51. The molecular formula is C27H29N7O2S. The topological polar surface area (TPSA) is 96.7 Å². The molecule has 1 amide bonds. The lowest BCUT2D eigenvalue weighted by molar-refractivity contribution is -0.111. The van der Waals surface area contributed by atoms with Gasteiger partial charge in [-0.05, 0) is 74.8 Å². The van der Waals surface area contributed by atoms with Crippen LogP contribution in [0.5, 0.6) is 5.75 Å². The van der Waals surface area contributed by atoms with Crippen molar-refractivity contribution in [3.8, 4) is 5.75 Å². The largest absolute Gasteiger partial charge is 0.493 e. The zero-order valence-corrected chi connectivity index (χ0v) is 21.7. The van der Waals surface area contributed by atoms with Gasteiger partial charge < -0.3 is 20.3 Å². The van der Waals surface area contributed by atoms with Crippen LogP contribution in [-0.4, -0.2) is 57.6 Å². The summed E-state index contributed by atoms with van der Waals surface area (Å²) in [4.78, 5) is 24.4. The van der Waals surface area contributed by atoms with Crippen molar-refractivity contribution in [3.63, 3.8) is 0 Å². The molecule has 2 N–H and O–H groups in total. The molecule has 0 radical (unpaired) electrons. The summed E-state index contributed by atoms with van der Waals surface area (Å²) in [5.74, 6) is 2.16. The lowest BCUT2D eigenvalue weighted by Gasteiger charge is -2.29. The van der Waals surface area contributed by atoms with Crippen LogP contribution in [0.25, 0.3) is 5.65 Å². The van der Waals surface area contributed by atoms with Gasteiger partial charge in [-0.25, -0.2) is 14.5 Å². The molecular weight excluding hydrogens is 486 g/mol. The number of anilines is 3. The van der Waals surface area contributed by atoms with Crippen molar-refractivity contribution in [2.45, 2.75) is 28.7 Å². The van der Waals surface area contributed by atoms with Gasteiger partial charge in [0.25, 0.3) is 0 Å². The second-order valence-corrected chi connectivity index (χ2v) is 10.0. The number of rotatable bonds is 8. The molecule has 3 aromatic heterocycles. The van der Waals surface area contributed by atoms with Crippen LogP contribution in [0.2, 0.25) is 0 Å². The summed E-state index contributed by atoms with van der Waals surface area (Å²) in [7, 11) is 3.82. The summed E-state index contributed by atoms with van der Waals surface area (Å²) in [5.41, 5.74) is 2.59. The second-order valence-electron chi connectivity index (χ2n) is 8.93. The number of hydrogen-bond acceptors (Lipinski definition) is 8. The van der Waals surface area contributed by atoms with Crippen LogP contribution < -0.4 is 15.4 Å². The molecule has 5 rings (SSSR count). The number of methoxy groups -OCH3 is 1. The maximum absolute atomic E-state index is 11.7. The first kappa shape index (κ1) is 24.8. The Bertz CT molecular complexity index is 1430. The normalized spacial score (nSPS) is 14.4. The maximum Gasteiger partial charge on any atom is 0.247 e. The molecule has 1 aliphatic heterocycles. The van der Waals surface area contributed by atoms with Gasteiger partial charge in [0.05, 0.1) is 13.3 Å². The summed E-state index contributed by atoms with van der Waals surface area (Å²) in [6.45, 7) is 5.68. The van der Waals surface area contributed by atoms with E-state index < -0.39 is 0 Å². The van der Waals surface area contributed by atoms with Crippen LogP contribution in [-0.2, 0) is 4.79 Å². The number of likely N-dealkylation sites (tertiary alicyclic amines) is 1. The molecule has 10 heteroatoms. The Morgan fingerprint density at radius 1 is 1.22 bits per heavy atom. The number of hydrogen-bond donors (Lipinski definition) is 2. The molecule has 0 aliphatic carbocycles. The van der Waals surface area contributed by atoms with Crippen LogP contribution >= 0.6 is 11.8 Å². The van der Waals surface area contributed by atoms with Crippen molar-refractivity contribution in [2.75, 3.05) is 37.9 Å². The summed E-state index contributed by atoms with van der Waals surface area (Å²) in [6.07, 6.45) is 7.14. The summed E-state index contributed by atoms with van der Waals surface area (Å²) in [6, 6.07) is 13.5. The molecule has 4 heterocycles. The van der Waals surface area contributed by atoms with Crippen molar-refractivity contribution in [2.24, 2.45) is 0 Å². The Morgan fingerprint density at radius 3 is 2.84 bits per heavy atom. The molecule has 37 heavy (non-hydrogen) atoms. The minimum atomic E-state index is -0.254. The quantitative estimate of drug-likeness (QED) is 0.251. The Hall–Kier alpha value is -3.89. The SMILES string of the molecule is C=CC(=O)Nc1cccc(Sc2cc(Nc3ncc(C4CCN(C)CC4)cc3OC)nc3ccnn23)c1. The fourth-order valence-electron chi connectivity index (χ4n) is 4.37. The van der Waals surface area contributed by atoms with E-state index >= 15 is 0 Å². The van der Waals surface area contributed by atoms with Crippen molar-refractivity contribution in [1.82, 2.24) is 24.5 Å². The van der Waals surface area contributed by atoms with E-state index in [9.17, 15) is 4.79 Å². The molecule has 1 aliphatic rings. The van der Waals surface area contributed by atoms with E-state index in [4.69, 9.17) is 14.7 Å². The average Bonchev–Trinajstić information content (AvgIpc) is 3.39. The fourth-order valence-corrected chi connectivity index (χ4v) is 5.34. The van der Waals surface area contributed by atoms with Gasteiger partial charge in [0.1, 0.15) is 10.8 Å². The number of ether oxygens (including phenoxy) is 1. The lowest BCUT2D eigenvalue weighted by atomic mass is 9.90. The van der Waals surface area contributed by atoms with E-state index in [1.165, 1.54) is 23.4 Å². The highest BCUT2D eigenvalue weighted by molar-refractivity contribution is 7.99. The van der Waals surface area contributed by atoms with E-state index in [-0.39, 0.29) is 5.91 Å². The van der Waals surface area contributed by atoms with Gasteiger partial charge in [-0.15, -0.1) is 0 Å². The lowest BCUT2D eigenvalue weighted by Crippen LogP contribution is -2.29. The Kier molecular flexibility index (Phi) is 7.38. The smallest absolute Gasteiger partial charge is 0.247 e. The van der Waals surface area contributed by atoms with Crippen molar-refractivity contribution < 1.29 is 9.53 Å². The van der Waals surface area contributed by atoms with Crippen LogP contribution in [0.15, 0.2) is 77.4 Å². The predicted octanol–water partition coefficient (Wildman–Crippen LogP) is 4.96. The molecule has 4 aromatic rings. The van der Waals surface area contributed by atoms with Gasteiger partial charge in [0.15, 0.2) is 17.2 Å². The van der Waals surface area contributed by atoms with E-state index in [1.807, 2.05) is 42.6 Å². The number of pyridine rings is 1. The van der Waals surface area contributed by atoms with E-state index in [0.717, 1.165) is 35.9 Å². The van der Waals surface area contributed by atoms with Gasteiger partial charge in [-0.2, -0.15) is 5.10 Å². The first-order chi connectivity index (χ1) is 18.0. The fraction of sp³-hybridized carbons (Fsp3) is 0.259. The molecule has 1 aromatic carbocycles. The molecule has 0 atom stereocenters. The molecule has 1 fully saturated rings. The highest BCUT2D eigenvalue weighted by Gasteiger charge is 2.20. The number of amides is 1. The average molecular weight is 516 g/mol. The third-order valence-electron chi connectivity index (χ3n) is 6.37. The summed E-state index contributed by atoms with van der Waals surface area (Å²) in [5, 5.41) is 11.4. The number of carbonyl (C=O) groups excluding carboxylic acids is 1. The molecule has 1 saturated heterocycles. The van der Waals surface area contributed by atoms with Crippen LogP contribution in [0.4, 0.5) is 17.3 Å². The minimum Gasteiger partial charge on any atom is -0.493 e. The Morgan fingerprint density at radius 2 is 2.05 bits per heavy atom. The number of benzene rings is 1. The number of nitrogens with one attached hydrogen (secondary N) is 2. The zero-order chi connectivity index (χ0) is 25.8. The molecule has 190 valence electrons. The van der Waals surface area contributed by atoms with E-state index in [1.54, 1.807) is 17.8 Å². The van der Waals surface area contributed by atoms with Crippen LogP contribution in [0, 0.1) is 0 Å². The molecule has 0 saturated carbocycles. The number of carbonyl (C=O) groups is 1. The number of fused-ring (bicyclic) bond motifs is 1. The predicted molar refractivity (Wildman–Crippen MR) is 146 cm³/mol. The van der Waals surface area contributed by atoms with Gasteiger partial charge in [-0.3, -0.25) is 4.79 Å². The Labute approximate surface area is 220 Å². The first-order valence-electron chi connectivity index (χ1n) is 12.1. The highest BCUT2D eigenvalue weighted by atomic mass is 32.2. The minimum absolute atomic E-state index is 0.254. The van der Waals surface area contributed by atoms with Crippen LogP contribution in [0.3, 0.4) is 0 Å². The molecule has 0 spiro atoms. The third-order valence-corrected chi connectivity index (χ3v) is 7.36. The van der Waals surface area contributed by atoms with Crippen LogP contribution in [0.1, 0.15) is 24.3 Å². The standard InChI is InChI=1S/C27H29N7O2S/c1-4-25(35)30-20-6-5-7-21(15-20)37-26-16-23(31-24-8-11-29-34(24)26)32-27-22(36-3)14-19(17-28-27)18-9-12-33(2)13-10-18/h4-8,11,14-18H,1,9-10,12-13H2,2-3H3,(H,30,35)(H,28,31,32). The van der Waals surface area contributed by atoms with Crippen molar-refractivity contribution in [3.05, 3.63) is 73.1 Å². The van der Waals surface area contributed by atoms with Gasteiger partial charge in [0, 0.05) is 28.9 Å². The monoisotopic (exact) mass is 515 g/mol. The maximum atomic E-state index is 11.7. The number of nitrogens with zero attached hydrogens (tertiary/aromatic N) is 5. The first-order valence-corrected chi connectivity index (χ1v) is 12.9. The van der Waals surface area contributed by atoms with Gasteiger partial charge >= 0.3 is 0 Å². The van der Waals surface area contributed by atoms with Gasteiger partial charge in [0.2, 0.25) is 5.91 Å².